The average molecular weight is 929 g/mol. The quantitative estimate of drug-likeness (QED) is 0.0458. The molecule has 0 radical (unpaired) electrons. The van der Waals surface area contributed by atoms with E-state index in [-0.39, 0.29) is 6.07 Å². The minimum atomic E-state index is -9.70. The van der Waals surface area contributed by atoms with E-state index >= 15 is 0 Å². The minimum Gasteiger partial charge on any atom is -0.396 e. The maximum absolute atomic E-state index is 14.2. The van der Waals surface area contributed by atoms with Crippen LogP contribution < -0.4 is 4.74 Å². The molecule has 36 heteroatoms. The van der Waals surface area contributed by atoms with Crippen molar-refractivity contribution in [3.8, 4) is 5.75 Å². The van der Waals surface area contributed by atoms with Gasteiger partial charge in [0.2, 0.25) is 6.17 Å². The molecule has 0 amide bonds. The molecule has 1 rings (SSSR count). The molecule has 0 heterocycles. The summed E-state index contributed by atoms with van der Waals surface area (Å²) in [6.07, 6.45) is -21.8. The fraction of sp³-hybridized carbons (Fsp3) is 0.696. The maximum atomic E-state index is 14.2. The van der Waals surface area contributed by atoms with Gasteiger partial charge < -0.3 is 9.47 Å². The van der Waals surface area contributed by atoms with Crippen LogP contribution in [-0.4, -0.2) is 99.1 Å². The molecule has 12 nitrogen and oxygen atoms in total. The molecule has 0 aromatic heterocycles. The van der Waals surface area contributed by atoms with Gasteiger partial charge in [0, 0.05) is 11.6 Å². The highest BCUT2D eigenvalue weighted by molar-refractivity contribution is 5.78. The summed E-state index contributed by atoms with van der Waals surface area (Å²) in [5, 5.41) is 34.2. The summed E-state index contributed by atoms with van der Waals surface area (Å²) >= 11 is 0. The number of nitrogens with zero attached hydrogens (tertiary/aromatic N) is 3. The number of nitro groups is 3. The van der Waals surface area contributed by atoms with Crippen LogP contribution in [0.2, 0.25) is 0 Å². The van der Waals surface area contributed by atoms with Crippen molar-refractivity contribution in [2.24, 2.45) is 0 Å². The highest BCUT2D eigenvalue weighted by Crippen LogP contribution is 2.67. The van der Waals surface area contributed by atoms with Gasteiger partial charge in [0.25, 0.3) is 12.1 Å². The third-order valence-electron chi connectivity index (χ3n) is 7.26. The Bertz CT molecular complexity index is 1820. The van der Waals surface area contributed by atoms with Crippen LogP contribution in [0, 0.1) is 30.3 Å². The largest absolute Gasteiger partial charge is 0.517 e. The number of rotatable bonds is 18. The third kappa shape index (κ3) is 7.46. The van der Waals surface area contributed by atoms with E-state index in [1.165, 1.54) is 0 Å². The van der Waals surface area contributed by atoms with Crippen molar-refractivity contribution in [3.05, 3.63) is 42.0 Å². The monoisotopic (exact) mass is 929 g/mol. The highest BCUT2D eigenvalue weighted by atomic mass is 19.4. The molecular formula is C23H11F24N3O9. The summed E-state index contributed by atoms with van der Waals surface area (Å²) in [5.41, 5.74) is -7.12. The van der Waals surface area contributed by atoms with Gasteiger partial charge in [0.15, 0.2) is 0 Å². The van der Waals surface area contributed by atoms with Crippen LogP contribution in [0.25, 0.3) is 0 Å². The van der Waals surface area contributed by atoms with Crippen molar-refractivity contribution in [2.75, 3.05) is 0 Å². The fourth-order valence-corrected chi connectivity index (χ4v) is 4.02. The van der Waals surface area contributed by atoms with E-state index in [9.17, 15) is 141 Å². The van der Waals surface area contributed by atoms with Gasteiger partial charge in [-0.1, -0.05) is 13.8 Å². The van der Waals surface area contributed by atoms with E-state index in [0.717, 1.165) is 13.8 Å². The number of hydrogen-bond donors (Lipinski definition) is 0. The van der Waals surface area contributed by atoms with Crippen LogP contribution in [-0.2, 0) is 4.74 Å². The fourth-order valence-electron chi connectivity index (χ4n) is 4.02. The number of halogens is 24. The van der Waals surface area contributed by atoms with E-state index < -0.39 is 133 Å². The third-order valence-corrected chi connectivity index (χ3v) is 7.26. The first-order valence-electron chi connectivity index (χ1n) is 13.7. The van der Waals surface area contributed by atoms with E-state index in [1.807, 2.05) is 0 Å². The number of carbonyl (C=O) groups is 1. The molecular weight excluding hydrogens is 918 g/mol. The lowest BCUT2D eigenvalue weighted by Crippen LogP contribution is -2.77. The molecule has 0 N–H and O–H groups in total. The van der Waals surface area contributed by atoms with Gasteiger partial charge in [-0.25, -0.2) is 18.0 Å². The first-order valence-corrected chi connectivity index (χ1v) is 13.7. The first kappa shape index (κ1) is 52.0. The van der Waals surface area contributed by atoms with Gasteiger partial charge in [-0.2, -0.15) is 92.2 Å². The topological polar surface area (TPSA) is 165 Å². The molecule has 59 heavy (non-hydrogen) atoms. The Morgan fingerprint density at radius 3 is 1.15 bits per heavy atom. The molecule has 0 aliphatic heterocycles. The van der Waals surface area contributed by atoms with Gasteiger partial charge in [-0.05, 0) is 5.92 Å². The van der Waals surface area contributed by atoms with Gasteiger partial charge >= 0.3 is 88.9 Å². The number of alkyl halides is 24. The van der Waals surface area contributed by atoms with Gasteiger partial charge in [-0.3, -0.25) is 30.3 Å². The SMILES string of the molecule is CC(C)c1cc([N+](=O)[O-])c([N+](=O)[O-])c(OC(=O)OC(F)C(F)C(F)(F)C(F)(F)C(F)(F)C(F)(F)C(F)(F)C(F)(F)C(F)(F)C(F)(F)C(F)(F)C(F)(F)C(F)F)c1[N+](=O)[O-]. The molecule has 2 atom stereocenters. The van der Waals surface area contributed by atoms with E-state index in [4.69, 9.17) is 0 Å². The Morgan fingerprint density at radius 2 is 0.864 bits per heavy atom. The predicted octanol–water partition coefficient (Wildman–Crippen LogP) is 10.3. The van der Waals surface area contributed by atoms with Crippen LogP contribution in [0.15, 0.2) is 6.07 Å². The lowest BCUT2D eigenvalue weighted by Gasteiger charge is -2.45. The Morgan fingerprint density at radius 1 is 0.542 bits per heavy atom. The van der Waals surface area contributed by atoms with Crippen molar-refractivity contribution in [1.29, 1.82) is 0 Å². The number of hydrogen-bond acceptors (Lipinski definition) is 9. The molecule has 0 spiro atoms. The molecule has 0 bridgehead atoms. The van der Waals surface area contributed by atoms with Gasteiger partial charge in [0.05, 0.1) is 14.8 Å². The van der Waals surface area contributed by atoms with Crippen LogP contribution in [0.3, 0.4) is 0 Å². The van der Waals surface area contributed by atoms with Gasteiger partial charge in [-0.15, -0.1) is 0 Å². The van der Waals surface area contributed by atoms with Crippen molar-refractivity contribution >= 4 is 23.2 Å². The second kappa shape index (κ2) is 15.2. The second-order valence-corrected chi connectivity index (χ2v) is 11.3. The van der Waals surface area contributed by atoms with Crippen molar-refractivity contribution in [2.45, 2.75) is 97.9 Å². The van der Waals surface area contributed by atoms with Crippen molar-refractivity contribution in [3.63, 3.8) is 0 Å². The Labute approximate surface area is 304 Å². The van der Waals surface area contributed by atoms with Crippen LogP contribution in [0.5, 0.6) is 5.75 Å². The average Bonchev–Trinajstić information content (AvgIpc) is 3.05. The Balaban J connectivity index is 3.80. The summed E-state index contributed by atoms with van der Waals surface area (Å²) in [6.45, 7) is 1.84. The molecule has 1 aromatic carbocycles. The Hall–Kier alpha value is -4.99. The lowest BCUT2D eigenvalue weighted by molar-refractivity contribution is -0.473. The van der Waals surface area contributed by atoms with Crippen molar-refractivity contribution in [1.82, 2.24) is 0 Å². The molecule has 2 unspecified atom stereocenters. The molecule has 0 aliphatic rings. The summed E-state index contributed by atoms with van der Waals surface area (Å²) < 4.78 is 335. The summed E-state index contributed by atoms with van der Waals surface area (Å²) in [5.74, 6) is -95.3. The number of benzene rings is 1. The molecule has 1 aromatic rings. The minimum absolute atomic E-state index is 0.0700. The number of carbonyl (C=O) groups excluding carboxylic acids is 1. The molecule has 0 aliphatic carbocycles. The zero-order valence-corrected chi connectivity index (χ0v) is 27.0. The second-order valence-electron chi connectivity index (χ2n) is 11.3. The van der Waals surface area contributed by atoms with E-state index in [0.29, 0.717) is 0 Å². The van der Waals surface area contributed by atoms with Crippen LogP contribution in [0.1, 0.15) is 25.3 Å². The Kier molecular flexibility index (Phi) is 13.4. The van der Waals surface area contributed by atoms with Crippen LogP contribution >= 0.6 is 0 Å². The summed E-state index contributed by atoms with van der Waals surface area (Å²) in [4.78, 5) is 40.6. The zero-order chi connectivity index (χ0) is 47.6. The van der Waals surface area contributed by atoms with E-state index in [2.05, 4.69) is 9.47 Å². The standard InChI is InChI=1S/C23H11F24N3O9/c1-4(2)5-3-6(48(52)53)8(50(56)57)9(7(5)49(54)55)58-13(51)59-11(25)10(24)14(28,29)16(32,33)18(36,37)20(40,41)22(44,45)23(46,47)21(42,43)19(38,39)17(34,35)15(30,31)12(26)27/h3-4,10-12H,1-2H3. The molecule has 0 saturated heterocycles. The van der Waals surface area contributed by atoms with Gasteiger partial charge in [0.1, 0.15) is 0 Å². The maximum Gasteiger partial charge on any atom is 0.517 e. The highest BCUT2D eigenvalue weighted by Gasteiger charge is 2.98. The zero-order valence-electron chi connectivity index (χ0n) is 27.0. The number of nitro benzene ring substituents is 3. The normalized spacial score (nSPS) is 15.6. The lowest BCUT2D eigenvalue weighted by atomic mass is 9.85. The predicted molar refractivity (Wildman–Crippen MR) is 133 cm³/mol. The number of ether oxygens (including phenoxy) is 2. The van der Waals surface area contributed by atoms with E-state index in [1.54, 1.807) is 0 Å². The summed E-state index contributed by atoms with van der Waals surface area (Å²) in [6, 6.07) is 0.0700. The molecule has 0 fully saturated rings. The van der Waals surface area contributed by atoms with Crippen molar-refractivity contribution < 1.29 is 134 Å². The summed E-state index contributed by atoms with van der Waals surface area (Å²) in [7, 11) is 0. The smallest absolute Gasteiger partial charge is 0.396 e. The first-order chi connectivity index (χ1) is 25.8. The van der Waals surface area contributed by atoms with Crippen LogP contribution in [0.4, 0.5) is 127 Å². The molecule has 0 saturated carbocycles. The molecule has 340 valence electrons.